The molecule has 5 rings (SSSR count). The number of carbonyl (C=O) groups excluding carboxylic acids is 1. The Kier molecular flexibility index (Phi) is 6.30. The van der Waals surface area contributed by atoms with Crippen molar-refractivity contribution < 1.29 is 18.7 Å². The molecule has 1 N–H and O–H groups in total. The number of carbonyl (C=O) groups is 1. The summed E-state index contributed by atoms with van der Waals surface area (Å²) in [6, 6.07) is 19.1. The number of para-hydroxylation sites is 1. The highest BCUT2D eigenvalue weighted by Crippen LogP contribution is 2.31. The van der Waals surface area contributed by atoms with Crippen LogP contribution in [0.15, 0.2) is 76.5 Å². The first-order valence-corrected chi connectivity index (χ1v) is 11.6. The molecule has 0 aliphatic carbocycles. The molecule has 3 heterocycles. The van der Waals surface area contributed by atoms with Gasteiger partial charge < -0.3 is 19.2 Å². The van der Waals surface area contributed by atoms with Crippen LogP contribution in [0.5, 0.6) is 11.5 Å². The number of hydrogen-bond acceptors (Lipinski definition) is 7. The second kappa shape index (κ2) is 9.83. The van der Waals surface area contributed by atoms with Gasteiger partial charge in [-0.05, 0) is 42.0 Å². The van der Waals surface area contributed by atoms with Crippen molar-refractivity contribution in [2.45, 2.75) is 18.1 Å². The highest BCUT2D eigenvalue weighted by Gasteiger charge is 2.19. The van der Waals surface area contributed by atoms with E-state index in [1.165, 1.54) is 11.8 Å². The largest absolute Gasteiger partial charge is 0.490 e. The minimum atomic E-state index is -0.103. The SMILES string of the molecule is O=C(CSc1nnc(-c2ccco2)n1-c1ccccc1)NCc1ccc2c(c1)OCCCO2. The van der Waals surface area contributed by atoms with E-state index in [1.54, 1.807) is 12.3 Å². The van der Waals surface area contributed by atoms with Crippen LogP contribution >= 0.6 is 11.8 Å². The molecule has 2 aromatic heterocycles. The standard InChI is InChI=1S/C24H22N4O4S/c29-22(25-15-17-9-10-19-21(14-17)32-13-5-12-30-19)16-33-24-27-26-23(20-8-4-11-31-20)28(24)18-6-2-1-3-7-18/h1-4,6-11,14H,5,12-13,15-16H2,(H,25,29). The number of rotatable bonds is 7. The third kappa shape index (κ3) is 4.88. The number of thioether (sulfide) groups is 1. The fraction of sp³-hybridized carbons (Fsp3) is 0.208. The molecular formula is C24H22N4O4S. The summed E-state index contributed by atoms with van der Waals surface area (Å²) in [5, 5.41) is 12.2. The molecular weight excluding hydrogens is 440 g/mol. The lowest BCUT2D eigenvalue weighted by Gasteiger charge is -2.11. The third-order valence-corrected chi connectivity index (χ3v) is 5.95. The van der Waals surface area contributed by atoms with Crippen molar-refractivity contribution in [3.8, 4) is 28.8 Å². The zero-order chi connectivity index (χ0) is 22.5. The van der Waals surface area contributed by atoms with Gasteiger partial charge in [0.25, 0.3) is 0 Å². The molecule has 8 nitrogen and oxygen atoms in total. The molecule has 0 unspecified atom stereocenters. The van der Waals surface area contributed by atoms with Gasteiger partial charge in [-0.2, -0.15) is 0 Å². The van der Waals surface area contributed by atoms with Crippen LogP contribution in [0.25, 0.3) is 17.3 Å². The van der Waals surface area contributed by atoms with E-state index >= 15 is 0 Å². The number of fused-ring (bicyclic) bond motifs is 1. The van der Waals surface area contributed by atoms with Crippen LogP contribution in [0.4, 0.5) is 0 Å². The van der Waals surface area contributed by atoms with Crippen molar-refractivity contribution in [2.24, 2.45) is 0 Å². The molecule has 1 aliphatic heterocycles. The third-order valence-electron chi connectivity index (χ3n) is 5.02. The van der Waals surface area contributed by atoms with Crippen molar-refractivity contribution in [2.75, 3.05) is 19.0 Å². The Labute approximate surface area is 194 Å². The molecule has 168 valence electrons. The second-order valence-electron chi connectivity index (χ2n) is 7.35. The van der Waals surface area contributed by atoms with Crippen LogP contribution in [0.2, 0.25) is 0 Å². The number of benzene rings is 2. The van der Waals surface area contributed by atoms with E-state index in [1.807, 2.05) is 59.2 Å². The van der Waals surface area contributed by atoms with E-state index in [4.69, 9.17) is 13.9 Å². The van der Waals surface area contributed by atoms with E-state index < -0.39 is 0 Å². The molecule has 2 aromatic carbocycles. The summed E-state index contributed by atoms with van der Waals surface area (Å²) in [5.41, 5.74) is 1.84. The summed E-state index contributed by atoms with van der Waals surface area (Å²) in [5.74, 6) is 2.75. The quantitative estimate of drug-likeness (QED) is 0.414. The van der Waals surface area contributed by atoms with E-state index in [2.05, 4.69) is 15.5 Å². The molecule has 0 spiro atoms. The average molecular weight is 463 g/mol. The average Bonchev–Trinajstić information content (AvgIpc) is 3.47. The maximum absolute atomic E-state index is 12.6. The lowest BCUT2D eigenvalue weighted by molar-refractivity contribution is -0.118. The smallest absolute Gasteiger partial charge is 0.230 e. The Balaban J connectivity index is 1.25. The second-order valence-corrected chi connectivity index (χ2v) is 8.29. The summed E-state index contributed by atoms with van der Waals surface area (Å²) in [6.07, 6.45) is 2.45. The number of ether oxygens (including phenoxy) is 2. The fourth-order valence-corrected chi connectivity index (χ4v) is 4.22. The van der Waals surface area contributed by atoms with Crippen molar-refractivity contribution in [3.63, 3.8) is 0 Å². The van der Waals surface area contributed by atoms with Crippen molar-refractivity contribution >= 4 is 17.7 Å². The number of nitrogens with zero attached hydrogens (tertiary/aromatic N) is 3. The first-order chi connectivity index (χ1) is 16.3. The summed E-state index contributed by atoms with van der Waals surface area (Å²) in [7, 11) is 0. The maximum atomic E-state index is 12.6. The van der Waals surface area contributed by atoms with Crippen LogP contribution in [0, 0.1) is 0 Å². The fourth-order valence-electron chi connectivity index (χ4n) is 3.44. The minimum absolute atomic E-state index is 0.103. The van der Waals surface area contributed by atoms with Gasteiger partial charge in [0.05, 0.1) is 25.2 Å². The molecule has 1 aliphatic rings. The Morgan fingerprint density at radius 2 is 1.85 bits per heavy atom. The van der Waals surface area contributed by atoms with Crippen LogP contribution in [0.1, 0.15) is 12.0 Å². The molecule has 1 amide bonds. The molecule has 9 heteroatoms. The van der Waals surface area contributed by atoms with Gasteiger partial charge in [0.15, 0.2) is 22.4 Å². The van der Waals surface area contributed by atoms with Gasteiger partial charge >= 0.3 is 0 Å². The highest BCUT2D eigenvalue weighted by atomic mass is 32.2. The Morgan fingerprint density at radius 3 is 2.67 bits per heavy atom. The minimum Gasteiger partial charge on any atom is -0.490 e. The first kappa shape index (κ1) is 21.1. The normalized spacial score (nSPS) is 12.8. The zero-order valence-corrected chi connectivity index (χ0v) is 18.6. The van der Waals surface area contributed by atoms with Gasteiger partial charge in [0.1, 0.15) is 0 Å². The Hall–Kier alpha value is -3.72. The summed E-state index contributed by atoms with van der Waals surface area (Å²) >= 11 is 1.32. The summed E-state index contributed by atoms with van der Waals surface area (Å²) in [6.45, 7) is 1.68. The molecule has 4 aromatic rings. The lowest BCUT2D eigenvalue weighted by Crippen LogP contribution is -2.24. The Bertz CT molecular complexity index is 1220. The molecule has 33 heavy (non-hydrogen) atoms. The predicted octanol–water partition coefficient (Wildman–Crippen LogP) is 4.10. The van der Waals surface area contributed by atoms with E-state index in [9.17, 15) is 4.79 Å². The number of nitrogens with one attached hydrogen (secondary N) is 1. The molecule has 0 saturated heterocycles. The number of aromatic nitrogens is 3. The number of amides is 1. The van der Waals surface area contributed by atoms with Crippen LogP contribution in [-0.2, 0) is 11.3 Å². The molecule has 0 radical (unpaired) electrons. The summed E-state index contributed by atoms with van der Waals surface area (Å²) < 4.78 is 18.8. The van der Waals surface area contributed by atoms with E-state index in [0.29, 0.717) is 36.5 Å². The summed E-state index contributed by atoms with van der Waals surface area (Å²) in [4.78, 5) is 12.6. The van der Waals surface area contributed by atoms with Gasteiger partial charge in [0.2, 0.25) is 11.7 Å². The van der Waals surface area contributed by atoms with E-state index in [0.717, 1.165) is 29.2 Å². The molecule has 0 atom stereocenters. The number of hydrogen-bond donors (Lipinski definition) is 1. The lowest BCUT2D eigenvalue weighted by atomic mass is 10.2. The molecule has 0 bridgehead atoms. The van der Waals surface area contributed by atoms with Gasteiger partial charge in [-0.1, -0.05) is 36.0 Å². The molecule has 0 saturated carbocycles. The van der Waals surface area contributed by atoms with Gasteiger partial charge in [-0.25, -0.2) is 0 Å². The van der Waals surface area contributed by atoms with E-state index in [-0.39, 0.29) is 11.7 Å². The first-order valence-electron chi connectivity index (χ1n) is 10.6. The van der Waals surface area contributed by atoms with Crippen LogP contribution in [-0.4, -0.2) is 39.6 Å². The van der Waals surface area contributed by atoms with Crippen molar-refractivity contribution in [1.82, 2.24) is 20.1 Å². The van der Waals surface area contributed by atoms with Crippen molar-refractivity contribution in [3.05, 3.63) is 72.5 Å². The monoisotopic (exact) mass is 462 g/mol. The highest BCUT2D eigenvalue weighted by molar-refractivity contribution is 7.99. The topological polar surface area (TPSA) is 91.4 Å². The number of furan rings is 1. The molecule has 0 fully saturated rings. The van der Waals surface area contributed by atoms with Crippen LogP contribution < -0.4 is 14.8 Å². The van der Waals surface area contributed by atoms with Crippen molar-refractivity contribution in [1.29, 1.82) is 0 Å². The maximum Gasteiger partial charge on any atom is 0.230 e. The van der Waals surface area contributed by atoms with Crippen LogP contribution in [0.3, 0.4) is 0 Å². The zero-order valence-electron chi connectivity index (χ0n) is 17.8. The van der Waals surface area contributed by atoms with Gasteiger partial charge in [-0.3, -0.25) is 9.36 Å². The predicted molar refractivity (Wildman–Crippen MR) is 124 cm³/mol. The Morgan fingerprint density at radius 1 is 1.00 bits per heavy atom. The van der Waals surface area contributed by atoms with Gasteiger partial charge in [0, 0.05) is 18.7 Å². The van der Waals surface area contributed by atoms with Gasteiger partial charge in [-0.15, -0.1) is 10.2 Å².